The van der Waals surface area contributed by atoms with Crippen LogP contribution in [0.15, 0.2) is 0 Å². The van der Waals surface area contributed by atoms with Crippen molar-refractivity contribution in [1.29, 1.82) is 5.26 Å². The van der Waals surface area contributed by atoms with E-state index >= 15 is 0 Å². The molecule has 1 heterocycles. The van der Waals surface area contributed by atoms with Crippen molar-refractivity contribution in [2.75, 3.05) is 0 Å². The predicted octanol–water partition coefficient (Wildman–Crippen LogP) is 3.36. The van der Waals surface area contributed by atoms with E-state index in [1.165, 1.54) is 0 Å². The van der Waals surface area contributed by atoms with Gasteiger partial charge in [0.2, 0.25) is 0 Å². The molecule has 1 rings (SSSR count). The van der Waals surface area contributed by atoms with E-state index in [0.717, 1.165) is 12.2 Å². The molecule has 0 spiro atoms. The molecule has 0 unspecified atom stereocenters. The summed E-state index contributed by atoms with van der Waals surface area (Å²) < 4.78 is 1.73. The number of hydrogen-bond donors (Lipinski definition) is 0. The second-order valence-corrected chi connectivity index (χ2v) is 5.81. The maximum atomic E-state index is 9.12. The highest BCUT2D eigenvalue weighted by Gasteiger charge is 2.26. The first-order chi connectivity index (χ1) is 7.27. The highest BCUT2D eigenvalue weighted by molar-refractivity contribution is 6.30. The van der Waals surface area contributed by atoms with Crippen molar-refractivity contribution < 1.29 is 0 Å². The van der Waals surface area contributed by atoms with Crippen LogP contribution in [0.1, 0.15) is 45.9 Å². The van der Waals surface area contributed by atoms with Gasteiger partial charge in [-0.15, -0.1) is 0 Å². The summed E-state index contributed by atoms with van der Waals surface area (Å²) in [5.41, 5.74) is 1.13. The van der Waals surface area contributed by atoms with Gasteiger partial charge in [0.15, 0.2) is 0 Å². The van der Waals surface area contributed by atoms with Gasteiger partial charge in [-0.3, -0.25) is 4.68 Å². The molecule has 0 bridgehead atoms. The maximum Gasteiger partial charge on any atom is 0.145 e. The molecule has 88 valence electrons. The van der Waals surface area contributed by atoms with Gasteiger partial charge in [0.1, 0.15) is 16.8 Å². The molecule has 0 amide bonds. The van der Waals surface area contributed by atoms with Gasteiger partial charge in [-0.2, -0.15) is 10.4 Å². The normalized spacial score (nSPS) is 11.9. The molecule has 0 radical (unpaired) electrons. The molecular weight excluding hydrogens is 222 g/mol. The summed E-state index contributed by atoms with van der Waals surface area (Å²) in [6.45, 7) is 11.0. The monoisotopic (exact) mass is 239 g/mol. The number of nitriles is 1. The fourth-order valence-corrected chi connectivity index (χ4v) is 1.77. The van der Waals surface area contributed by atoms with Gasteiger partial charge in [0.05, 0.1) is 5.69 Å². The number of halogens is 1. The molecule has 4 heteroatoms. The van der Waals surface area contributed by atoms with Gasteiger partial charge in [-0.25, -0.2) is 0 Å². The van der Waals surface area contributed by atoms with E-state index in [2.05, 4.69) is 25.0 Å². The Balaban J connectivity index is 3.27. The molecule has 0 saturated carbocycles. The zero-order valence-electron chi connectivity index (χ0n) is 10.5. The van der Waals surface area contributed by atoms with Crippen LogP contribution in [0.4, 0.5) is 0 Å². The fourth-order valence-electron chi connectivity index (χ4n) is 1.53. The lowest BCUT2D eigenvalue weighted by atomic mass is 9.90. The van der Waals surface area contributed by atoms with Crippen molar-refractivity contribution in [2.24, 2.45) is 5.92 Å². The Morgan fingerprint density at radius 3 is 2.31 bits per heavy atom. The topological polar surface area (TPSA) is 41.6 Å². The van der Waals surface area contributed by atoms with Crippen LogP contribution in [0.25, 0.3) is 0 Å². The number of hydrogen-bond acceptors (Lipinski definition) is 2. The maximum absolute atomic E-state index is 9.12. The summed E-state index contributed by atoms with van der Waals surface area (Å²) in [7, 11) is 0. The zero-order valence-corrected chi connectivity index (χ0v) is 11.3. The second-order valence-electron chi connectivity index (χ2n) is 5.45. The van der Waals surface area contributed by atoms with Crippen LogP contribution in [0.3, 0.4) is 0 Å². The summed E-state index contributed by atoms with van der Waals surface area (Å²) in [6.07, 6.45) is 0. The van der Waals surface area contributed by atoms with Crippen LogP contribution >= 0.6 is 11.6 Å². The van der Waals surface area contributed by atoms with E-state index in [0.29, 0.717) is 16.6 Å². The summed E-state index contributed by atoms with van der Waals surface area (Å²) in [6, 6.07) is 2.15. The Hall–Kier alpha value is -1.01. The molecule has 0 atom stereocenters. The first kappa shape index (κ1) is 13.1. The third kappa shape index (κ3) is 2.56. The molecule has 1 aromatic heterocycles. The van der Waals surface area contributed by atoms with Gasteiger partial charge in [0.25, 0.3) is 0 Å². The lowest BCUT2D eigenvalue weighted by Crippen LogP contribution is -2.15. The van der Waals surface area contributed by atoms with E-state index in [9.17, 15) is 0 Å². The van der Waals surface area contributed by atoms with Crippen LogP contribution in [0, 0.1) is 17.2 Å². The van der Waals surface area contributed by atoms with E-state index < -0.39 is 0 Å². The molecule has 0 aliphatic heterocycles. The highest BCUT2D eigenvalue weighted by Crippen LogP contribution is 2.29. The third-order valence-electron chi connectivity index (χ3n) is 2.25. The van der Waals surface area contributed by atoms with Gasteiger partial charge in [-0.1, -0.05) is 46.2 Å². The molecular formula is C12H18ClN3. The Bertz CT molecular complexity index is 419. The van der Waals surface area contributed by atoms with Crippen molar-refractivity contribution >= 4 is 11.6 Å². The number of aromatic nitrogens is 2. The molecule has 0 fully saturated rings. The lowest BCUT2D eigenvalue weighted by Gasteiger charge is -2.15. The van der Waals surface area contributed by atoms with Crippen molar-refractivity contribution in [3.63, 3.8) is 0 Å². The van der Waals surface area contributed by atoms with Crippen molar-refractivity contribution in [1.82, 2.24) is 9.78 Å². The molecule has 16 heavy (non-hydrogen) atoms. The molecule has 3 nitrogen and oxygen atoms in total. The van der Waals surface area contributed by atoms with Crippen LogP contribution < -0.4 is 0 Å². The van der Waals surface area contributed by atoms with Crippen LogP contribution in [-0.4, -0.2) is 9.78 Å². The van der Waals surface area contributed by atoms with Gasteiger partial charge in [-0.05, 0) is 5.92 Å². The van der Waals surface area contributed by atoms with Gasteiger partial charge >= 0.3 is 0 Å². The lowest BCUT2D eigenvalue weighted by molar-refractivity contribution is 0.466. The molecule has 1 aromatic rings. The van der Waals surface area contributed by atoms with E-state index in [1.807, 2.05) is 20.8 Å². The SMILES string of the molecule is CC(C)Cn1nc(C(C)(C)C)c(C#N)c1Cl. The Morgan fingerprint density at radius 2 is 2.00 bits per heavy atom. The average Bonchev–Trinajstić information content (AvgIpc) is 2.42. The predicted molar refractivity (Wildman–Crippen MR) is 65.5 cm³/mol. The smallest absolute Gasteiger partial charge is 0.145 e. The van der Waals surface area contributed by atoms with E-state index in [-0.39, 0.29) is 5.41 Å². The Labute approximate surface area is 102 Å². The summed E-state index contributed by atoms with van der Waals surface area (Å²) >= 11 is 6.16. The third-order valence-corrected chi connectivity index (χ3v) is 2.63. The average molecular weight is 240 g/mol. The minimum atomic E-state index is -0.156. The first-order valence-electron chi connectivity index (χ1n) is 5.44. The second kappa shape index (κ2) is 4.47. The van der Waals surface area contributed by atoms with E-state index in [4.69, 9.17) is 16.9 Å². The zero-order chi connectivity index (χ0) is 12.5. The molecule has 0 aromatic carbocycles. The van der Waals surface area contributed by atoms with Crippen molar-refractivity contribution in [3.05, 3.63) is 16.4 Å². The van der Waals surface area contributed by atoms with Crippen LogP contribution in [-0.2, 0) is 12.0 Å². The van der Waals surface area contributed by atoms with Gasteiger partial charge in [0, 0.05) is 12.0 Å². The van der Waals surface area contributed by atoms with E-state index in [1.54, 1.807) is 4.68 Å². The van der Waals surface area contributed by atoms with Crippen LogP contribution in [0.2, 0.25) is 5.15 Å². The fraction of sp³-hybridized carbons (Fsp3) is 0.667. The molecule has 0 N–H and O–H groups in total. The Morgan fingerprint density at radius 1 is 1.44 bits per heavy atom. The standard InChI is InChI=1S/C12H18ClN3/c1-8(2)7-16-11(13)9(6-14)10(15-16)12(3,4)5/h8H,7H2,1-5H3. The highest BCUT2D eigenvalue weighted by atomic mass is 35.5. The van der Waals surface area contributed by atoms with Crippen molar-refractivity contribution in [2.45, 2.75) is 46.6 Å². The Kier molecular flexibility index (Phi) is 3.64. The first-order valence-corrected chi connectivity index (χ1v) is 5.82. The summed E-state index contributed by atoms with van der Waals surface area (Å²) in [5.74, 6) is 0.455. The number of rotatable bonds is 2. The molecule has 0 aliphatic carbocycles. The van der Waals surface area contributed by atoms with Crippen LogP contribution in [0.5, 0.6) is 0 Å². The quantitative estimate of drug-likeness (QED) is 0.794. The molecule has 0 saturated heterocycles. The van der Waals surface area contributed by atoms with Crippen molar-refractivity contribution in [3.8, 4) is 6.07 Å². The summed E-state index contributed by atoms with van der Waals surface area (Å²) in [4.78, 5) is 0. The largest absolute Gasteiger partial charge is 0.252 e. The minimum absolute atomic E-state index is 0.156. The minimum Gasteiger partial charge on any atom is -0.252 e. The summed E-state index contributed by atoms with van der Waals surface area (Å²) in [5, 5.41) is 14.0. The number of nitrogens with zero attached hydrogens (tertiary/aromatic N) is 3. The van der Waals surface area contributed by atoms with Gasteiger partial charge < -0.3 is 0 Å². The molecule has 0 aliphatic rings.